The molecule has 1 aliphatic carbocycles. The first-order valence-electron chi connectivity index (χ1n) is 8.12. The van der Waals surface area contributed by atoms with Crippen molar-refractivity contribution in [3.8, 4) is 11.1 Å². The molecule has 1 aliphatic rings. The predicted octanol–water partition coefficient (Wildman–Crippen LogP) is 4.98. The summed E-state index contributed by atoms with van der Waals surface area (Å²) < 4.78 is 54.0. The number of anilines is 1. The first kappa shape index (κ1) is 17.8. The number of amides is 1. The topological polar surface area (TPSA) is 54.9 Å². The minimum atomic E-state index is -4.61. The summed E-state index contributed by atoms with van der Waals surface area (Å²) in [5.74, 6) is -1.30. The second kappa shape index (κ2) is 6.26. The quantitative estimate of drug-likeness (QED) is 0.636. The van der Waals surface area contributed by atoms with Crippen molar-refractivity contribution in [2.45, 2.75) is 25.7 Å². The van der Waals surface area contributed by atoms with E-state index in [0.717, 1.165) is 23.0 Å². The van der Waals surface area contributed by atoms with Crippen molar-refractivity contribution in [2.75, 3.05) is 5.32 Å². The summed E-state index contributed by atoms with van der Waals surface area (Å²) in [5.41, 5.74) is 0.624. The zero-order valence-corrected chi connectivity index (χ0v) is 14.8. The van der Waals surface area contributed by atoms with Gasteiger partial charge in [0, 0.05) is 18.0 Å². The average Bonchev–Trinajstić information content (AvgIpc) is 3.19. The number of carbonyl (C=O) groups is 1. The van der Waals surface area contributed by atoms with Gasteiger partial charge in [-0.2, -0.15) is 13.2 Å². The van der Waals surface area contributed by atoms with Crippen LogP contribution >= 0.6 is 11.3 Å². The van der Waals surface area contributed by atoms with E-state index in [4.69, 9.17) is 0 Å². The number of thiazole rings is 1. The molecule has 9 heteroatoms. The van der Waals surface area contributed by atoms with Gasteiger partial charge in [0.15, 0.2) is 5.13 Å². The number of rotatable bonds is 3. The second-order valence-electron chi connectivity index (χ2n) is 6.43. The van der Waals surface area contributed by atoms with Crippen molar-refractivity contribution in [2.24, 2.45) is 5.92 Å². The Bertz CT molecular complexity index is 1050. The summed E-state index contributed by atoms with van der Waals surface area (Å²) in [6.45, 7) is 1.79. The number of carbonyl (C=O) groups excluding carboxylic acids is 1. The van der Waals surface area contributed by atoms with Crippen LogP contribution < -0.4 is 5.32 Å². The minimum absolute atomic E-state index is 0.0275. The van der Waals surface area contributed by atoms with E-state index in [9.17, 15) is 22.4 Å². The van der Waals surface area contributed by atoms with Crippen LogP contribution in [0.1, 0.15) is 17.5 Å². The lowest BCUT2D eigenvalue weighted by Crippen LogP contribution is -2.14. The van der Waals surface area contributed by atoms with Gasteiger partial charge in [-0.3, -0.25) is 9.78 Å². The predicted molar refractivity (Wildman–Crippen MR) is 94.2 cm³/mol. The van der Waals surface area contributed by atoms with Crippen LogP contribution in [0.2, 0.25) is 0 Å². The molecule has 2 atom stereocenters. The van der Waals surface area contributed by atoms with E-state index in [2.05, 4.69) is 15.3 Å². The molecular weight excluding hydrogens is 382 g/mol. The van der Waals surface area contributed by atoms with Crippen LogP contribution in [0.3, 0.4) is 0 Å². The molecule has 1 saturated carbocycles. The van der Waals surface area contributed by atoms with Gasteiger partial charge >= 0.3 is 6.18 Å². The van der Waals surface area contributed by atoms with E-state index >= 15 is 0 Å². The van der Waals surface area contributed by atoms with Crippen molar-refractivity contribution in [3.63, 3.8) is 0 Å². The minimum Gasteiger partial charge on any atom is -0.302 e. The number of hydrogen-bond donors (Lipinski definition) is 1. The summed E-state index contributed by atoms with van der Waals surface area (Å²) in [5, 5.41) is 2.45. The molecule has 27 heavy (non-hydrogen) atoms. The summed E-state index contributed by atoms with van der Waals surface area (Å²) in [4.78, 5) is 19.8. The maximum absolute atomic E-state index is 13.6. The summed E-state index contributed by atoms with van der Waals surface area (Å²) in [7, 11) is 0. The number of pyridine rings is 1. The fourth-order valence-electron chi connectivity index (χ4n) is 2.85. The molecule has 1 aromatic carbocycles. The van der Waals surface area contributed by atoms with Crippen LogP contribution in [0, 0.1) is 12.8 Å². The highest BCUT2D eigenvalue weighted by Gasteiger charge is 2.44. The van der Waals surface area contributed by atoms with Crippen LogP contribution in [0.25, 0.3) is 21.3 Å². The number of nitrogens with zero attached hydrogens (tertiary/aromatic N) is 2. The van der Waals surface area contributed by atoms with Gasteiger partial charge in [0.1, 0.15) is 6.17 Å². The highest BCUT2D eigenvalue weighted by Crippen LogP contribution is 2.41. The normalized spacial score (nSPS) is 19.3. The summed E-state index contributed by atoms with van der Waals surface area (Å²) in [6.07, 6.45) is -2.59. The van der Waals surface area contributed by atoms with Gasteiger partial charge in [-0.05, 0) is 42.7 Å². The number of hydrogen-bond acceptors (Lipinski definition) is 4. The van der Waals surface area contributed by atoms with E-state index < -0.39 is 29.7 Å². The number of benzene rings is 1. The van der Waals surface area contributed by atoms with Gasteiger partial charge < -0.3 is 5.32 Å². The molecule has 0 bridgehead atoms. The van der Waals surface area contributed by atoms with Crippen molar-refractivity contribution in [1.29, 1.82) is 0 Å². The van der Waals surface area contributed by atoms with E-state index in [-0.39, 0.29) is 21.8 Å². The number of aryl methyl sites for hydroxylation is 1. The van der Waals surface area contributed by atoms with Crippen molar-refractivity contribution in [1.82, 2.24) is 9.97 Å². The molecule has 0 aliphatic heterocycles. The molecule has 2 aromatic heterocycles. The molecule has 1 fully saturated rings. The van der Waals surface area contributed by atoms with Gasteiger partial charge in [-0.15, -0.1) is 0 Å². The SMILES string of the molecule is Cc1ccncc1-c1cc(C(F)(F)F)c2nc(NC(=O)C3CC3F)sc2c1. The van der Waals surface area contributed by atoms with Gasteiger partial charge in [0.25, 0.3) is 0 Å². The van der Waals surface area contributed by atoms with Crippen molar-refractivity contribution >= 4 is 32.6 Å². The van der Waals surface area contributed by atoms with E-state index in [0.29, 0.717) is 11.1 Å². The molecule has 2 heterocycles. The molecule has 4 rings (SSSR count). The summed E-state index contributed by atoms with van der Waals surface area (Å²) >= 11 is 0.931. The Balaban J connectivity index is 1.81. The smallest absolute Gasteiger partial charge is 0.302 e. The molecule has 140 valence electrons. The third-order valence-electron chi connectivity index (χ3n) is 4.43. The molecule has 0 spiro atoms. The molecular formula is C18H13F4N3OS. The Morgan fingerprint density at radius 2 is 2.07 bits per heavy atom. The highest BCUT2D eigenvalue weighted by atomic mass is 32.1. The average molecular weight is 395 g/mol. The van der Waals surface area contributed by atoms with Crippen LogP contribution in [-0.4, -0.2) is 22.0 Å². The van der Waals surface area contributed by atoms with E-state index in [1.807, 2.05) is 0 Å². The van der Waals surface area contributed by atoms with Crippen molar-refractivity contribution in [3.05, 3.63) is 41.7 Å². The maximum Gasteiger partial charge on any atom is 0.418 e. The lowest BCUT2D eigenvalue weighted by atomic mass is 10.00. The molecule has 4 nitrogen and oxygen atoms in total. The molecule has 1 amide bonds. The number of alkyl halides is 4. The van der Waals surface area contributed by atoms with Gasteiger partial charge in [0.05, 0.1) is 21.7 Å². The van der Waals surface area contributed by atoms with E-state index in [1.165, 1.54) is 6.20 Å². The third-order valence-corrected chi connectivity index (χ3v) is 5.35. The van der Waals surface area contributed by atoms with Gasteiger partial charge in [-0.25, -0.2) is 9.37 Å². The fourth-order valence-corrected chi connectivity index (χ4v) is 3.79. The Hall–Kier alpha value is -2.55. The Morgan fingerprint density at radius 1 is 1.33 bits per heavy atom. The lowest BCUT2D eigenvalue weighted by Gasteiger charge is -2.11. The van der Waals surface area contributed by atoms with Crippen LogP contribution in [0.4, 0.5) is 22.7 Å². The maximum atomic E-state index is 13.6. The van der Waals surface area contributed by atoms with Crippen LogP contribution in [0.5, 0.6) is 0 Å². The summed E-state index contributed by atoms with van der Waals surface area (Å²) in [6, 6.07) is 4.35. The molecule has 0 radical (unpaired) electrons. The van der Waals surface area contributed by atoms with Gasteiger partial charge in [-0.1, -0.05) is 11.3 Å². The zero-order valence-electron chi connectivity index (χ0n) is 14.0. The zero-order chi connectivity index (χ0) is 19.3. The first-order valence-corrected chi connectivity index (χ1v) is 8.93. The number of nitrogens with one attached hydrogen (secondary N) is 1. The number of fused-ring (bicyclic) bond motifs is 1. The second-order valence-corrected chi connectivity index (χ2v) is 7.46. The fraction of sp³-hybridized carbons (Fsp3) is 0.278. The third kappa shape index (κ3) is 3.39. The van der Waals surface area contributed by atoms with E-state index in [1.54, 1.807) is 25.3 Å². The number of aromatic nitrogens is 2. The molecule has 0 saturated heterocycles. The van der Waals surface area contributed by atoms with Crippen molar-refractivity contribution < 1.29 is 22.4 Å². The number of halogens is 4. The van der Waals surface area contributed by atoms with Crippen LogP contribution in [0.15, 0.2) is 30.6 Å². The molecule has 3 aromatic rings. The monoisotopic (exact) mass is 395 g/mol. The Morgan fingerprint density at radius 3 is 2.70 bits per heavy atom. The van der Waals surface area contributed by atoms with Gasteiger partial charge in [0.2, 0.25) is 5.91 Å². The van der Waals surface area contributed by atoms with Crippen LogP contribution in [-0.2, 0) is 11.0 Å². The molecule has 2 unspecified atom stereocenters. The largest absolute Gasteiger partial charge is 0.418 e. The first-order chi connectivity index (χ1) is 12.7. The Kier molecular flexibility index (Phi) is 4.14. The lowest BCUT2D eigenvalue weighted by molar-refractivity contribution is -0.136. The molecule has 1 N–H and O–H groups in total. The standard InChI is InChI=1S/C18H13F4N3OS/c1-8-2-3-23-7-11(8)9-4-12(18(20,21)22)15-14(5-9)27-17(24-15)25-16(26)10-6-13(10)19/h2-5,7,10,13H,6H2,1H3,(H,24,25,26). The Labute approximate surface area is 155 Å². The highest BCUT2D eigenvalue weighted by molar-refractivity contribution is 7.22.